The van der Waals surface area contributed by atoms with E-state index in [2.05, 4.69) is 27.9 Å². The minimum absolute atomic E-state index is 0.341. The van der Waals surface area contributed by atoms with Crippen molar-refractivity contribution in [3.63, 3.8) is 0 Å². The summed E-state index contributed by atoms with van der Waals surface area (Å²) >= 11 is 3.58. The Hall–Kier alpha value is -0.780. The molecular formula is C15H24BrNO3. The molecule has 0 fully saturated rings. The Bertz CT molecular complexity index is 376. The molecule has 0 aliphatic heterocycles. The number of para-hydroxylation sites is 2. The van der Waals surface area contributed by atoms with E-state index in [-0.39, 0.29) is 0 Å². The van der Waals surface area contributed by atoms with Crippen molar-refractivity contribution in [3.05, 3.63) is 24.3 Å². The molecule has 0 bridgehead atoms. The molecule has 0 N–H and O–H groups in total. The molecule has 0 aliphatic carbocycles. The van der Waals surface area contributed by atoms with Gasteiger partial charge in [-0.2, -0.15) is 0 Å². The van der Waals surface area contributed by atoms with Crippen LogP contribution < -0.4 is 9.47 Å². The lowest BCUT2D eigenvalue weighted by molar-refractivity contribution is 0.177. The number of hydrogen-bond acceptors (Lipinski definition) is 4. The van der Waals surface area contributed by atoms with Crippen LogP contribution >= 0.6 is 15.9 Å². The van der Waals surface area contributed by atoms with Crippen molar-refractivity contribution < 1.29 is 14.2 Å². The Kier molecular flexibility index (Phi) is 8.65. The van der Waals surface area contributed by atoms with Gasteiger partial charge in [0.2, 0.25) is 0 Å². The first-order chi connectivity index (χ1) is 9.67. The molecule has 1 aromatic carbocycles. The molecule has 20 heavy (non-hydrogen) atoms. The van der Waals surface area contributed by atoms with Gasteiger partial charge in [-0.25, -0.2) is 0 Å². The minimum Gasteiger partial charge on any atom is -0.490 e. The summed E-state index contributed by atoms with van der Waals surface area (Å²) in [5.74, 6) is 1.60. The van der Waals surface area contributed by atoms with Gasteiger partial charge >= 0.3 is 0 Å². The third-order valence-corrected chi connectivity index (χ3v) is 3.29. The van der Waals surface area contributed by atoms with Crippen LogP contribution in [0.5, 0.6) is 11.5 Å². The molecule has 0 saturated carbocycles. The standard InChI is InChI=1S/C15H24BrNO3/c1-4-19-14-7-5-6-8-15(14)20-10-9-17(2)11-13(16)12-18-3/h5-8,13H,4,9-12H2,1-3H3. The lowest BCUT2D eigenvalue weighted by atomic mass is 10.3. The summed E-state index contributed by atoms with van der Waals surface area (Å²) < 4.78 is 16.4. The second-order valence-corrected chi connectivity index (χ2v) is 5.84. The van der Waals surface area contributed by atoms with Crippen molar-refractivity contribution in [2.75, 3.05) is 47.1 Å². The summed E-state index contributed by atoms with van der Waals surface area (Å²) in [6.45, 7) is 5.72. The highest BCUT2D eigenvalue weighted by Gasteiger charge is 2.08. The molecule has 0 heterocycles. The van der Waals surface area contributed by atoms with Crippen LogP contribution in [0.25, 0.3) is 0 Å². The lowest BCUT2D eigenvalue weighted by Gasteiger charge is -2.20. The number of likely N-dealkylation sites (N-methyl/N-ethyl adjacent to an activating group) is 1. The zero-order valence-electron chi connectivity index (χ0n) is 12.5. The SMILES string of the molecule is CCOc1ccccc1OCCN(C)CC(Br)COC. The van der Waals surface area contributed by atoms with Gasteiger partial charge < -0.3 is 19.1 Å². The van der Waals surface area contributed by atoms with E-state index >= 15 is 0 Å². The van der Waals surface area contributed by atoms with E-state index in [0.717, 1.165) is 24.6 Å². The number of hydrogen-bond donors (Lipinski definition) is 0. The zero-order valence-corrected chi connectivity index (χ0v) is 14.1. The van der Waals surface area contributed by atoms with Crippen LogP contribution in [0, 0.1) is 0 Å². The van der Waals surface area contributed by atoms with Gasteiger partial charge in [-0.1, -0.05) is 28.1 Å². The normalized spacial score (nSPS) is 12.4. The maximum Gasteiger partial charge on any atom is 0.161 e. The number of halogens is 1. The van der Waals surface area contributed by atoms with Crippen molar-refractivity contribution in [3.8, 4) is 11.5 Å². The molecule has 114 valence electrons. The molecule has 0 amide bonds. The molecule has 1 rings (SSSR count). The molecule has 0 spiro atoms. The number of nitrogens with zero attached hydrogens (tertiary/aromatic N) is 1. The molecule has 0 saturated heterocycles. The number of alkyl halides is 1. The van der Waals surface area contributed by atoms with Gasteiger partial charge in [0.05, 0.1) is 18.0 Å². The van der Waals surface area contributed by atoms with Gasteiger partial charge in [0.15, 0.2) is 11.5 Å². The van der Waals surface area contributed by atoms with Gasteiger partial charge in [-0.15, -0.1) is 0 Å². The van der Waals surface area contributed by atoms with Gasteiger partial charge in [0, 0.05) is 20.2 Å². The molecule has 0 radical (unpaired) electrons. The average molecular weight is 346 g/mol. The highest BCUT2D eigenvalue weighted by molar-refractivity contribution is 9.09. The third-order valence-electron chi connectivity index (χ3n) is 2.74. The Labute approximate surface area is 130 Å². The largest absolute Gasteiger partial charge is 0.490 e. The van der Waals surface area contributed by atoms with E-state index in [1.165, 1.54) is 0 Å². The molecule has 1 unspecified atom stereocenters. The fourth-order valence-electron chi connectivity index (χ4n) is 1.82. The fraction of sp³-hybridized carbons (Fsp3) is 0.600. The fourth-order valence-corrected chi connectivity index (χ4v) is 2.58. The number of benzene rings is 1. The van der Waals surface area contributed by atoms with Gasteiger partial charge in [0.25, 0.3) is 0 Å². The quantitative estimate of drug-likeness (QED) is 0.610. The summed E-state index contributed by atoms with van der Waals surface area (Å²) in [4.78, 5) is 2.55. The lowest BCUT2D eigenvalue weighted by Crippen LogP contribution is -2.31. The van der Waals surface area contributed by atoms with Crippen LogP contribution in [-0.2, 0) is 4.74 Å². The first kappa shape index (κ1) is 17.3. The maximum atomic E-state index is 5.79. The monoisotopic (exact) mass is 345 g/mol. The van der Waals surface area contributed by atoms with Gasteiger partial charge in [-0.3, -0.25) is 0 Å². The Morgan fingerprint density at radius 2 is 1.85 bits per heavy atom. The van der Waals surface area contributed by atoms with Crippen LogP contribution in [-0.4, -0.2) is 56.8 Å². The van der Waals surface area contributed by atoms with Crippen molar-refractivity contribution in [1.82, 2.24) is 4.90 Å². The van der Waals surface area contributed by atoms with Crippen LogP contribution in [0.15, 0.2) is 24.3 Å². The first-order valence-corrected chi connectivity index (χ1v) is 7.75. The van der Waals surface area contributed by atoms with Gasteiger partial charge in [-0.05, 0) is 26.1 Å². The second-order valence-electron chi connectivity index (χ2n) is 4.54. The van der Waals surface area contributed by atoms with Crippen LogP contribution in [0.2, 0.25) is 0 Å². The van der Waals surface area contributed by atoms with Crippen molar-refractivity contribution >= 4 is 15.9 Å². The minimum atomic E-state index is 0.341. The molecule has 1 atom stereocenters. The third kappa shape index (κ3) is 6.59. The van der Waals surface area contributed by atoms with E-state index in [4.69, 9.17) is 14.2 Å². The topological polar surface area (TPSA) is 30.9 Å². The Morgan fingerprint density at radius 1 is 1.20 bits per heavy atom. The molecule has 0 aliphatic rings. The predicted molar refractivity (Wildman–Crippen MR) is 85.2 cm³/mol. The summed E-state index contributed by atoms with van der Waals surface area (Å²) in [6.07, 6.45) is 0. The van der Waals surface area contributed by atoms with E-state index in [1.54, 1.807) is 7.11 Å². The predicted octanol–water partition coefficient (Wildman–Crippen LogP) is 2.81. The highest BCUT2D eigenvalue weighted by Crippen LogP contribution is 2.26. The molecule has 1 aromatic rings. The Morgan fingerprint density at radius 3 is 2.45 bits per heavy atom. The summed E-state index contributed by atoms with van der Waals surface area (Å²) in [6, 6.07) is 7.76. The first-order valence-electron chi connectivity index (χ1n) is 6.83. The number of rotatable bonds is 10. The average Bonchev–Trinajstić information content (AvgIpc) is 2.41. The van der Waals surface area contributed by atoms with Crippen molar-refractivity contribution in [2.24, 2.45) is 0 Å². The summed E-state index contributed by atoms with van der Waals surface area (Å²) in [5, 5.41) is 0. The zero-order chi connectivity index (χ0) is 14.8. The van der Waals surface area contributed by atoms with E-state index in [9.17, 15) is 0 Å². The van der Waals surface area contributed by atoms with E-state index < -0.39 is 0 Å². The van der Waals surface area contributed by atoms with E-state index in [0.29, 0.717) is 24.6 Å². The van der Waals surface area contributed by atoms with Crippen LogP contribution in [0.1, 0.15) is 6.92 Å². The summed E-state index contributed by atoms with van der Waals surface area (Å²) in [5.41, 5.74) is 0. The molecule has 5 heteroatoms. The van der Waals surface area contributed by atoms with Crippen LogP contribution in [0.4, 0.5) is 0 Å². The van der Waals surface area contributed by atoms with Crippen LogP contribution in [0.3, 0.4) is 0 Å². The smallest absolute Gasteiger partial charge is 0.161 e. The van der Waals surface area contributed by atoms with E-state index in [1.807, 2.05) is 31.2 Å². The molecular weight excluding hydrogens is 322 g/mol. The summed E-state index contributed by atoms with van der Waals surface area (Å²) in [7, 11) is 3.78. The molecule has 4 nitrogen and oxygen atoms in total. The maximum absolute atomic E-state index is 5.79. The Balaban J connectivity index is 2.33. The van der Waals surface area contributed by atoms with Crippen molar-refractivity contribution in [2.45, 2.75) is 11.8 Å². The molecule has 0 aromatic heterocycles. The highest BCUT2D eigenvalue weighted by atomic mass is 79.9. The van der Waals surface area contributed by atoms with Crippen molar-refractivity contribution in [1.29, 1.82) is 0 Å². The second kappa shape index (κ2) is 10.0. The van der Waals surface area contributed by atoms with Gasteiger partial charge in [0.1, 0.15) is 6.61 Å². The number of methoxy groups -OCH3 is 1. The number of ether oxygens (including phenoxy) is 3.